The highest BCUT2D eigenvalue weighted by atomic mass is 16.2. The molecule has 0 atom stereocenters. The minimum Gasteiger partial charge on any atom is -0.338 e. The zero-order valence-electron chi connectivity index (χ0n) is 12.1. The van der Waals surface area contributed by atoms with Crippen LogP contribution in [-0.2, 0) is 6.54 Å². The summed E-state index contributed by atoms with van der Waals surface area (Å²) in [5.74, 6) is 0. The van der Waals surface area contributed by atoms with Crippen LogP contribution < -0.4 is 16.3 Å². The highest BCUT2D eigenvalue weighted by Gasteiger charge is 2.06. The van der Waals surface area contributed by atoms with E-state index in [0.29, 0.717) is 19.5 Å². The average molecular weight is 289 g/mol. The van der Waals surface area contributed by atoms with Gasteiger partial charge in [-0.3, -0.25) is 4.57 Å². The first-order chi connectivity index (χ1) is 10.1. The molecule has 0 bridgehead atoms. The van der Waals surface area contributed by atoms with Crippen molar-refractivity contribution in [2.75, 3.05) is 11.9 Å². The number of rotatable bonds is 5. The number of anilines is 1. The first kappa shape index (κ1) is 14.8. The number of nitrogens with one attached hydrogen (secondary N) is 3. The maximum absolute atomic E-state index is 11.8. The van der Waals surface area contributed by atoms with E-state index in [1.54, 1.807) is 0 Å². The van der Waals surface area contributed by atoms with Gasteiger partial charge in [-0.15, -0.1) is 0 Å². The molecule has 2 rings (SSSR count). The lowest BCUT2D eigenvalue weighted by atomic mass is 10.1. The summed E-state index contributed by atoms with van der Waals surface area (Å²) in [5.41, 5.74) is 2.64. The van der Waals surface area contributed by atoms with Gasteiger partial charge in [-0.2, -0.15) is 5.10 Å². The highest BCUT2D eigenvalue weighted by Crippen LogP contribution is 2.18. The maximum Gasteiger partial charge on any atom is 0.343 e. The zero-order chi connectivity index (χ0) is 15.2. The molecule has 3 N–H and O–H groups in total. The minimum atomic E-state index is -0.244. The van der Waals surface area contributed by atoms with Crippen molar-refractivity contribution < 1.29 is 4.79 Å². The van der Waals surface area contributed by atoms with Crippen LogP contribution in [0.2, 0.25) is 0 Å². The number of H-pyrrole nitrogens is 1. The topological polar surface area (TPSA) is 91.8 Å². The van der Waals surface area contributed by atoms with Gasteiger partial charge in [0.15, 0.2) is 0 Å². The smallest absolute Gasteiger partial charge is 0.338 e. The predicted molar refractivity (Wildman–Crippen MR) is 80.4 cm³/mol. The van der Waals surface area contributed by atoms with Gasteiger partial charge in [0.25, 0.3) is 0 Å². The normalized spacial score (nSPS) is 10.4. The molecule has 112 valence electrons. The van der Waals surface area contributed by atoms with Crippen LogP contribution in [0.15, 0.2) is 29.3 Å². The van der Waals surface area contributed by atoms with Crippen LogP contribution in [0.25, 0.3) is 0 Å². The standard InChI is InChI=1S/C14H19N5O2/c1-10-5-3-6-11(2)12(10)17-13(20)15-7-4-8-19-9-16-18-14(19)21/h3,5-6,9H,4,7-8H2,1-2H3,(H,18,21)(H2,15,17,20). The van der Waals surface area contributed by atoms with E-state index >= 15 is 0 Å². The molecule has 0 saturated carbocycles. The van der Waals surface area contributed by atoms with E-state index in [2.05, 4.69) is 20.8 Å². The molecule has 0 spiro atoms. The first-order valence-electron chi connectivity index (χ1n) is 6.79. The number of hydrogen-bond donors (Lipinski definition) is 3. The van der Waals surface area contributed by atoms with E-state index in [0.717, 1.165) is 16.8 Å². The fourth-order valence-corrected chi connectivity index (χ4v) is 2.05. The molecule has 21 heavy (non-hydrogen) atoms. The van der Waals surface area contributed by atoms with Crippen LogP contribution in [0.1, 0.15) is 17.5 Å². The summed E-state index contributed by atoms with van der Waals surface area (Å²) in [7, 11) is 0. The Kier molecular flexibility index (Phi) is 4.76. The Bertz CT molecular complexity index is 654. The number of carbonyl (C=O) groups excluding carboxylic acids is 1. The number of aromatic amines is 1. The van der Waals surface area contributed by atoms with Crippen molar-refractivity contribution in [3.05, 3.63) is 46.1 Å². The van der Waals surface area contributed by atoms with Gasteiger partial charge < -0.3 is 10.6 Å². The quantitative estimate of drug-likeness (QED) is 0.726. The van der Waals surface area contributed by atoms with Gasteiger partial charge in [0.2, 0.25) is 0 Å². The molecule has 0 fully saturated rings. The molecule has 0 saturated heterocycles. The van der Waals surface area contributed by atoms with Gasteiger partial charge >= 0.3 is 11.7 Å². The molecule has 2 amide bonds. The number of benzene rings is 1. The predicted octanol–water partition coefficient (Wildman–Crippen LogP) is 1.40. The van der Waals surface area contributed by atoms with Crippen LogP contribution in [0, 0.1) is 13.8 Å². The molecule has 7 heteroatoms. The summed E-state index contributed by atoms with van der Waals surface area (Å²) < 4.78 is 1.46. The molecule has 7 nitrogen and oxygen atoms in total. The SMILES string of the molecule is Cc1cccc(C)c1NC(=O)NCCCn1cn[nH]c1=O. The summed E-state index contributed by atoms with van der Waals surface area (Å²) in [4.78, 5) is 23.0. The molecular weight excluding hydrogens is 270 g/mol. The van der Waals surface area contributed by atoms with E-state index < -0.39 is 0 Å². The molecule has 0 unspecified atom stereocenters. The Morgan fingerprint density at radius 2 is 2.05 bits per heavy atom. The number of para-hydroxylation sites is 1. The van der Waals surface area contributed by atoms with Gasteiger partial charge in [-0.05, 0) is 31.4 Å². The second kappa shape index (κ2) is 6.74. The van der Waals surface area contributed by atoms with Crippen molar-refractivity contribution in [1.29, 1.82) is 0 Å². The first-order valence-corrected chi connectivity index (χ1v) is 6.79. The van der Waals surface area contributed by atoms with Crippen LogP contribution >= 0.6 is 0 Å². The molecule has 1 heterocycles. The lowest BCUT2D eigenvalue weighted by molar-refractivity contribution is 0.251. The van der Waals surface area contributed by atoms with Crippen LogP contribution in [0.3, 0.4) is 0 Å². The molecule has 1 aromatic carbocycles. The number of nitrogens with zero attached hydrogens (tertiary/aromatic N) is 2. The van der Waals surface area contributed by atoms with Crippen molar-refractivity contribution in [2.45, 2.75) is 26.8 Å². The van der Waals surface area contributed by atoms with Crippen molar-refractivity contribution in [2.24, 2.45) is 0 Å². The van der Waals surface area contributed by atoms with Gasteiger partial charge in [0.1, 0.15) is 6.33 Å². The Hall–Kier alpha value is -2.57. The number of hydrogen-bond acceptors (Lipinski definition) is 3. The fourth-order valence-electron chi connectivity index (χ4n) is 2.05. The van der Waals surface area contributed by atoms with Crippen molar-refractivity contribution in [1.82, 2.24) is 20.1 Å². The van der Waals surface area contributed by atoms with Crippen LogP contribution in [0.5, 0.6) is 0 Å². The summed E-state index contributed by atoms with van der Waals surface area (Å²) in [6.07, 6.45) is 2.10. The minimum absolute atomic E-state index is 0.241. The third kappa shape index (κ3) is 3.95. The van der Waals surface area contributed by atoms with E-state index in [9.17, 15) is 9.59 Å². The van der Waals surface area contributed by atoms with E-state index in [1.165, 1.54) is 10.9 Å². The highest BCUT2D eigenvalue weighted by molar-refractivity contribution is 5.90. The lowest BCUT2D eigenvalue weighted by Gasteiger charge is -2.12. The molecule has 0 aliphatic rings. The van der Waals surface area contributed by atoms with Crippen molar-refractivity contribution in [3.63, 3.8) is 0 Å². The summed E-state index contributed by atoms with van der Waals surface area (Å²) in [6, 6.07) is 5.62. The summed E-state index contributed by atoms with van der Waals surface area (Å²) in [6.45, 7) is 4.90. The second-order valence-electron chi connectivity index (χ2n) is 4.86. The Morgan fingerprint density at radius 3 is 2.67 bits per heavy atom. The number of carbonyl (C=O) groups is 1. The largest absolute Gasteiger partial charge is 0.343 e. The Morgan fingerprint density at radius 1 is 1.33 bits per heavy atom. The van der Waals surface area contributed by atoms with Crippen molar-refractivity contribution >= 4 is 11.7 Å². The summed E-state index contributed by atoms with van der Waals surface area (Å²) >= 11 is 0. The van der Waals surface area contributed by atoms with Crippen LogP contribution in [0.4, 0.5) is 10.5 Å². The molecule has 0 aliphatic heterocycles. The van der Waals surface area contributed by atoms with Crippen LogP contribution in [-0.4, -0.2) is 27.3 Å². The molecule has 2 aromatic rings. The van der Waals surface area contributed by atoms with Gasteiger partial charge in [-0.25, -0.2) is 14.7 Å². The Labute approximate surface area is 122 Å². The number of aryl methyl sites for hydroxylation is 3. The zero-order valence-corrected chi connectivity index (χ0v) is 12.1. The molecule has 0 aliphatic carbocycles. The fraction of sp³-hybridized carbons (Fsp3) is 0.357. The third-order valence-electron chi connectivity index (χ3n) is 3.20. The van der Waals surface area contributed by atoms with Gasteiger partial charge in [-0.1, -0.05) is 18.2 Å². The number of aromatic nitrogens is 3. The van der Waals surface area contributed by atoms with Gasteiger partial charge in [0, 0.05) is 18.8 Å². The van der Waals surface area contributed by atoms with E-state index in [-0.39, 0.29) is 11.7 Å². The monoisotopic (exact) mass is 289 g/mol. The number of amides is 2. The van der Waals surface area contributed by atoms with Gasteiger partial charge in [0.05, 0.1) is 0 Å². The average Bonchev–Trinajstić information content (AvgIpc) is 2.85. The Balaban J connectivity index is 1.78. The van der Waals surface area contributed by atoms with E-state index in [4.69, 9.17) is 0 Å². The molecule has 1 aromatic heterocycles. The van der Waals surface area contributed by atoms with E-state index in [1.807, 2.05) is 32.0 Å². The van der Waals surface area contributed by atoms with Crippen molar-refractivity contribution in [3.8, 4) is 0 Å². The lowest BCUT2D eigenvalue weighted by Crippen LogP contribution is -2.31. The summed E-state index contributed by atoms with van der Waals surface area (Å²) in [5, 5.41) is 11.6. The second-order valence-corrected chi connectivity index (χ2v) is 4.86. The molecular formula is C14H19N5O2. The number of urea groups is 1. The maximum atomic E-state index is 11.8. The molecule has 0 radical (unpaired) electrons. The third-order valence-corrected chi connectivity index (χ3v) is 3.20.